The minimum absolute atomic E-state index is 0.741. The fourth-order valence-corrected chi connectivity index (χ4v) is 7.75. The van der Waals surface area contributed by atoms with E-state index in [9.17, 15) is 0 Å². The molecule has 0 aliphatic rings. The summed E-state index contributed by atoms with van der Waals surface area (Å²) in [5, 5.41) is 8.63. The van der Waals surface area contributed by atoms with Crippen LogP contribution >= 0.6 is 11.3 Å². The van der Waals surface area contributed by atoms with Crippen LogP contribution in [0.5, 0.6) is 0 Å². The van der Waals surface area contributed by atoms with Crippen LogP contribution in [0.15, 0.2) is 146 Å². The number of benzene rings is 7. The first-order chi connectivity index (χ1) is 21.3. The molecule has 0 bridgehead atoms. The summed E-state index contributed by atoms with van der Waals surface area (Å²) < 4.78 is 2.68. The SMILES string of the molecule is c1ccc(-c2nc(-c3ccc(-c4cccc5c4ccc4c6ccccc6sc54)c4ccccc34)nc3ccccc23)cc1. The van der Waals surface area contributed by atoms with Gasteiger partial charge in [-0.2, -0.15) is 0 Å². The van der Waals surface area contributed by atoms with Gasteiger partial charge in [-0.15, -0.1) is 11.3 Å². The quantitative estimate of drug-likeness (QED) is 0.213. The average molecular weight is 565 g/mol. The lowest BCUT2D eigenvalue weighted by atomic mass is 9.91. The molecule has 0 N–H and O–H groups in total. The van der Waals surface area contributed by atoms with Gasteiger partial charge in [-0.25, -0.2) is 9.97 Å². The molecule has 3 heteroatoms. The van der Waals surface area contributed by atoms with Crippen molar-refractivity contribution in [2.45, 2.75) is 0 Å². The number of nitrogens with zero attached hydrogens (tertiary/aromatic N) is 2. The summed E-state index contributed by atoms with van der Waals surface area (Å²) in [5.74, 6) is 0.741. The number of thiophene rings is 1. The van der Waals surface area contributed by atoms with Crippen LogP contribution in [0.25, 0.3) is 86.4 Å². The highest BCUT2D eigenvalue weighted by atomic mass is 32.1. The Balaban J connectivity index is 1.28. The largest absolute Gasteiger partial charge is 0.228 e. The van der Waals surface area contributed by atoms with Crippen molar-refractivity contribution in [2.75, 3.05) is 0 Å². The molecular weight excluding hydrogens is 541 g/mol. The molecule has 0 aliphatic carbocycles. The Hall–Kier alpha value is -5.38. The van der Waals surface area contributed by atoms with Crippen LogP contribution in [-0.2, 0) is 0 Å². The monoisotopic (exact) mass is 564 g/mol. The lowest BCUT2D eigenvalue weighted by Crippen LogP contribution is -1.96. The zero-order chi connectivity index (χ0) is 28.3. The van der Waals surface area contributed by atoms with Crippen LogP contribution in [0.4, 0.5) is 0 Å². The summed E-state index contributed by atoms with van der Waals surface area (Å²) in [6.45, 7) is 0. The van der Waals surface area contributed by atoms with Gasteiger partial charge in [0.25, 0.3) is 0 Å². The summed E-state index contributed by atoms with van der Waals surface area (Å²) in [7, 11) is 0. The standard InChI is InChI=1S/C40H24N2S/c1-2-11-25(12-3-1)38-35-16-6-8-19-36(35)41-40(42-38)34-24-22-29(26-13-4-5-14-28(26)34)27-17-10-18-32-30(27)21-23-33-31-15-7-9-20-37(31)43-39(32)33/h1-24H. The van der Waals surface area contributed by atoms with Crippen LogP contribution in [0.2, 0.25) is 0 Å². The van der Waals surface area contributed by atoms with Gasteiger partial charge in [0.15, 0.2) is 5.82 Å². The zero-order valence-corrected chi connectivity index (χ0v) is 24.0. The Kier molecular flexibility index (Phi) is 5.40. The third kappa shape index (κ3) is 3.79. The molecule has 2 aromatic heterocycles. The van der Waals surface area contributed by atoms with Gasteiger partial charge in [0.2, 0.25) is 0 Å². The highest BCUT2D eigenvalue weighted by molar-refractivity contribution is 7.26. The van der Waals surface area contributed by atoms with Gasteiger partial charge in [-0.05, 0) is 45.5 Å². The molecular formula is C40H24N2S. The minimum Gasteiger partial charge on any atom is -0.228 e. The van der Waals surface area contributed by atoms with Crippen molar-refractivity contribution >= 4 is 64.0 Å². The van der Waals surface area contributed by atoms with Crippen molar-refractivity contribution in [2.24, 2.45) is 0 Å². The smallest absolute Gasteiger partial charge is 0.161 e. The third-order valence-corrected chi connectivity index (χ3v) is 9.73. The Labute approximate surface area is 252 Å². The van der Waals surface area contributed by atoms with Crippen LogP contribution in [0, 0.1) is 0 Å². The predicted molar refractivity (Wildman–Crippen MR) is 184 cm³/mol. The Morgan fingerprint density at radius 3 is 1.81 bits per heavy atom. The Morgan fingerprint density at radius 1 is 0.372 bits per heavy atom. The summed E-state index contributed by atoms with van der Waals surface area (Å²) >= 11 is 1.88. The van der Waals surface area contributed by atoms with Gasteiger partial charge >= 0.3 is 0 Å². The Morgan fingerprint density at radius 2 is 0.953 bits per heavy atom. The lowest BCUT2D eigenvalue weighted by Gasteiger charge is -2.15. The zero-order valence-electron chi connectivity index (χ0n) is 23.2. The molecule has 9 aromatic rings. The topological polar surface area (TPSA) is 25.8 Å². The summed E-state index contributed by atoms with van der Waals surface area (Å²) in [5.41, 5.74) is 6.48. The van der Waals surface area contributed by atoms with Crippen LogP contribution in [0.3, 0.4) is 0 Å². The molecule has 7 aromatic carbocycles. The molecule has 0 aliphatic heterocycles. The summed E-state index contributed by atoms with van der Waals surface area (Å²) in [4.78, 5) is 10.3. The third-order valence-electron chi connectivity index (χ3n) is 8.51. The minimum atomic E-state index is 0.741. The molecule has 200 valence electrons. The number of hydrogen-bond acceptors (Lipinski definition) is 3. The fourth-order valence-electron chi connectivity index (χ4n) is 6.52. The highest BCUT2D eigenvalue weighted by Gasteiger charge is 2.17. The number of hydrogen-bond donors (Lipinski definition) is 0. The van der Waals surface area contributed by atoms with Gasteiger partial charge in [0.05, 0.1) is 11.2 Å². The first-order valence-electron chi connectivity index (χ1n) is 14.5. The van der Waals surface area contributed by atoms with E-state index in [0.29, 0.717) is 0 Å². The highest BCUT2D eigenvalue weighted by Crippen LogP contribution is 2.43. The predicted octanol–water partition coefficient (Wildman–Crippen LogP) is 11.3. The van der Waals surface area contributed by atoms with Crippen molar-refractivity contribution in [3.63, 3.8) is 0 Å². The second kappa shape index (κ2) is 9.59. The fraction of sp³-hybridized carbons (Fsp3) is 0. The van der Waals surface area contributed by atoms with Crippen molar-refractivity contribution in [3.05, 3.63) is 146 Å². The van der Waals surface area contributed by atoms with Crippen LogP contribution in [-0.4, -0.2) is 9.97 Å². The van der Waals surface area contributed by atoms with Crippen molar-refractivity contribution in [1.29, 1.82) is 0 Å². The first-order valence-corrected chi connectivity index (χ1v) is 15.3. The van der Waals surface area contributed by atoms with E-state index in [1.165, 1.54) is 47.5 Å². The van der Waals surface area contributed by atoms with E-state index in [0.717, 1.165) is 38.9 Å². The van der Waals surface area contributed by atoms with Gasteiger partial charge in [-0.1, -0.05) is 127 Å². The molecule has 0 radical (unpaired) electrons. The van der Waals surface area contributed by atoms with Crippen LogP contribution in [0.1, 0.15) is 0 Å². The van der Waals surface area contributed by atoms with Gasteiger partial charge < -0.3 is 0 Å². The molecule has 0 amide bonds. The normalized spacial score (nSPS) is 11.7. The molecule has 0 saturated carbocycles. The lowest BCUT2D eigenvalue weighted by molar-refractivity contribution is 1.23. The molecule has 43 heavy (non-hydrogen) atoms. The molecule has 2 nitrogen and oxygen atoms in total. The first kappa shape index (κ1) is 24.2. The van der Waals surface area contributed by atoms with Gasteiger partial charge in [0, 0.05) is 42.1 Å². The van der Waals surface area contributed by atoms with Crippen molar-refractivity contribution in [3.8, 4) is 33.8 Å². The molecule has 0 spiro atoms. The van der Waals surface area contributed by atoms with E-state index in [1.54, 1.807) is 0 Å². The van der Waals surface area contributed by atoms with Crippen LogP contribution < -0.4 is 0 Å². The molecule has 0 unspecified atom stereocenters. The maximum atomic E-state index is 5.19. The molecule has 0 fully saturated rings. The average Bonchev–Trinajstić information content (AvgIpc) is 3.47. The van der Waals surface area contributed by atoms with E-state index in [2.05, 4.69) is 133 Å². The van der Waals surface area contributed by atoms with Crippen molar-refractivity contribution < 1.29 is 0 Å². The van der Waals surface area contributed by atoms with E-state index in [-0.39, 0.29) is 0 Å². The molecule has 0 atom stereocenters. The summed E-state index contributed by atoms with van der Waals surface area (Å²) in [6, 6.07) is 51.8. The number of para-hydroxylation sites is 1. The van der Waals surface area contributed by atoms with Gasteiger partial charge in [0.1, 0.15) is 0 Å². The van der Waals surface area contributed by atoms with Gasteiger partial charge in [-0.3, -0.25) is 0 Å². The number of fused-ring (bicyclic) bond motifs is 7. The Bertz CT molecular complexity index is 2510. The maximum absolute atomic E-state index is 5.19. The molecule has 2 heterocycles. The maximum Gasteiger partial charge on any atom is 0.161 e. The van der Waals surface area contributed by atoms with E-state index in [1.807, 2.05) is 23.5 Å². The second-order valence-corrected chi connectivity index (χ2v) is 12.0. The molecule has 0 saturated heterocycles. The van der Waals surface area contributed by atoms with E-state index < -0.39 is 0 Å². The molecule has 9 rings (SSSR count). The van der Waals surface area contributed by atoms with E-state index in [4.69, 9.17) is 9.97 Å². The van der Waals surface area contributed by atoms with E-state index >= 15 is 0 Å². The second-order valence-electron chi connectivity index (χ2n) is 10.9. The van der Waals surface area contributed by atoms with Crippen molar-refractivity contribution in [1.82, 2.24) is 9.97 Å². The number of aromatic nitrogens is 2. The summed E-state index contributed by atoms with van der Waals surface area (Å²) in [6.07, 6.45) is 0. The number of rotatable bonds is 3.